The van der Waals surface area contributed by atoms with Crippen LogP contribution in [0.25, 0.3) is 0 Å². The van der Waals surface area contributed by atoms with Gasteiger partial charge in [-0.25, -0.2) is 0 Å². The average Bonchev–Trinajstić information content (AvgIpc) is 3.01. The number of aliphatic imine (C=N–C) groups is 1. The molecule has 0 bridgehead atoms. The van der Waals surface area contributed by atoms with E-state index in [-0.39, 0.29) is 0 Å². The Kier molecular flexibility index (Phi) is 5.63. The molecule has 2 atom stereocenters. The monoisotopic (exact) mass is 270 g/mol. The van der Waals surface area contributed by atoms with Crippen LogP contribution in [0.4, 0.5) is 0 Å². The third-order valence-corrected chi connectivity index (χ3v) is 5.32. The van der Waals surface area contributed by atoms with Gasteiger partial charge in [0, 0.05) is 31.4 Å². The van der Waals surface area contributed by atoms with Crippen LogP contribution in [-0.4, -0.2) is 61.6 Å². The number of hydrogen-bond acceptors (Lipinski definition) is 3. The summed E-state index contributed by atoms with van der Waals surface area (Å²) in [6.45, 7) is 3.29. The van der Waals surface area contributed by atoms with Crippen molar-refractivity contribution in [2.24, 2.45) is 4.99 Å². The lowest BCUT2D eigenvalue weighted by Gasteiger charge is -2.21. The summed E-state index contributed by atoms with van der Waals surface area (Å²) in [4.78, 5) is 6.74. The molecule has 2 saturated heterocycles. The van der Waals surface area contributed by atoms with E-state index < -0.39 is 0 Å². The maximum absolute atomic E-state index is 4.30. The second-order valence-corrected chi connectivity index (χ2v) is 6.65. The van der Waals surface area contributed by atoms with Crippen molar-refractivity contribution in [1.82, 2.24) is 15.5 Å². The van der Waals surface area contributed by atoms with Crippen LogP contribution in [0.15, 0.2) is 4.99 Å². The van der Waals surface area contributed by atoms with Gasteiger partial charge in [-0.1, -0.05) is 0 Å². The summed E-state index contributed by atoms with van der Waals surface area (Å²) in [6, 6.07) is 0.671. The van der Waals surface area contributed by atoms with Crippen LogP contribution in [0.3, 0.4) is 0 Å². The van der Waals surface area contributed by atoms with E-state index in [0.29, 0.717) is 6.04 Å². The van der Waals surface area contributed by atoms with Gasteiger partial charge in [-0.2, -0.15) is 11.8 Å². The van der Waals surface area contributed by atoms with E-state index in [1.807, 2.05) is 7.05 Å². The highest BCUT2D eigenvalue weighted by Crippen LogP contribution is 2.25. The molecule has 0 radical (unpaired) electrons. The molecule has 104 valence electrons. The van der Waals surface area contributed by atoms with Crippen molar-refractivity contribution in [2.75, 3.05) is 39.5 Å². The van der Waals surface area contributed by atoms with Gasteiger partial charge in [0.25, 0.3) is 0 Å². The third kappa shape index (κ3) is 4.05. The molecule has 0 aromatic heterocycles. The summed E-state index contributed by atoms with van der Waals surface area (Å²) >= 11 is 2.09. The molecule has 2 unspecified atom stereocenters. The number of thioether (sulfide) groups is 1. The van der Waals surface area contributed by atoms with Crippen LogP contribution >= 0.6 is 11.8 Å². The first kappa shape index (κ1) is 14.0. The molecule has 0 spiro atoms. The minimum absolute atomic E-state index is 0.671. The summed E-state index contributed by atoms with van der Waals surface area (Å²) in [5.74, 6) is 2.29. The first-order valence-corrected chi connectivity index (χ1v) is 8.11. The van der Waals surface area contributed by atoms with Crippen molar-refractivity contribution in [3.05, 3.63) is 0 Å². The zero-order chi connectivity index (χ0) is 12.8. The first-order valence-electron chi connectivity index (χ1n) is 7.06. The largest absolute Gasteiger partial charge is 0.355 e. The van der Waals surface area contributed by atoms with Gasteiger partial charge in [0.2, 0.25) is 0 Å². The van der Waals surface area contributed by atoms with Crippen molar-refractivity contribution in [1.29, 1.82) is 0 Å². The zero-order valence-corrected chi connectivity index (χ0v) is 12.4. The Morgan fingerprint density at radius 1 is 1.28 bits per heavy atom. The fourth-order valence-corrected chi connectivity index (χ4v) is 3.89. The molecule has 18 heavy (non-hydrogen) atoms. The van der Waals surface area contributed by atoms with E-state index in [9.17, 15) is 0 Å². The highest BCUT2D eigenvalue weighted by molar-refractivity contribution is 8.00. The van der Waals surface area contributed by atoms with Crippen LogP contribution in [0, 0.1) is 0 Å². The average molecular weight is 270 g/mol. The maximum Gasteiger partial charge on any atom is 0.191 e. The quantitative estimate of drug-likeness (QED) is 0.594. The van der Waals surface area contributed by atoms with E-state index >= 15 is 0 Å². The van der Waals surface area contributed by atoms with Crippen molar-refractivity contribution in [2.45, 2.75) is 37.0 Å². The molecule has 5 heteroatoms. The molecular formula is C13H26N4S. The molecule has 0 aromatic rings. The number of guanidine groups is 1. The Morgan fingerprint density at radius 3 is 2.72 bits per heavy atom. The van der Waals surface area contributed by atoms with Crippen LogP contribution < -0.4 is 10.6 Å². The number of hydrogen-bond donors (Lipinski definition) is 2. The van der Waals surface area contributed by atoms with Crippen LogP contribution in [0.5, 0.6) is 0 Å². The fraction of sp³-hybridized carbons (Fsp3) is 0.923. The van der Waals surface area contributed by atoms with Gasteiger partial charge in [-0.05, 0) is 45.0 Å². The van der Waals surface area contributed by atoms with Crippen molar-refractivity contribution in [3.8, 4) is 0 Å². The number of likely N-dealkylation sites (N-methyl/N-ethyl adjacent to an activating group) is 1. The van der Waals surface area contributed by atoms with Crippen molar-refractivity contribution >= 4 is 17.7 Å². The third-order valence-electron chi connectivity index (χ3n) is 3.92. The highest BCUT2D eigenvalue weighted by atomic mass is 32.2. The molecule has 2 rings (SSSR count). The topological polar surface area (TPSA) is 39.7 Å². The number of nitrogens with zero attached hydrogens (tertiary/aromatic N) is 2. The Bertz CT molecular complexity index is 276. The molecule has 0 amide bonds. The minimum atomic E-state index is 0.671. The summed E-state index contributed by atoms with van der Waals surface area (Å²) in [5.41, 5.74) is 0. The lowest BCUT2D eigenvalue weighted by molar-refractivity contribution is 0.309. The van der Waals surface area contributed by atoms with E-state index in [2.05, 4.69) is 39.3 Å². The molecule has 4 nitrogen and oxygen atoms in total. The van der Waals surface area contributed by atoms with E-state index in [0.717, 1.165) is 24.3 Å². The standard InChI is InChI=1S/C13H26N4S/c1-14-13(16-10-12-6-4-8-18-12)15-9-11-5-3-7-17(11)2/h11-12H,3-10H2,1-2H3,(H2,14,15,16). The second-order valence-electron chi connectivity index (χ2n) is 5.25. The molecule has 0 saturated carbocycles. The van der Waals surface area contributed by atoms with Crippen LogP contribution in [-0.2, 0) is 0 Å². The molecular weight excluding hydrogens is 244 g/mol. The van der Waals surface area contributed by atoms with E-state index in [1.54, 1.807) is 0 Å². The fourth-order valence-electron chi connectivity index (χ4n) is 2.69. The van der Waals surface area contributed by atoms with E-state index in [1.165, 1.54) is 38.0 Å². The van der Waals surface area contributed by atoms with Crippen molar-refractivity contribution < 1.29 is 0 Å². The Hall–Kier alpha value is -0.420. The lowest BCUT2D eigenvalue weighted by Crippen LogP contribution is -2.45. The Morgan fingerprint density at radius 2 is 2.11 bits per heavy atom. The van der Waals surface area contributed by atoms with Gasteiger partial charge in [0.1, 0.15) is 0 Å². The lowest BCUT2D eigenvalue weighted by atomic mass is 10.2. The minimum Gasteiger partial charge on any atom is -0.355 e. The molecule has 0 aliphatic carbocycles. The molecule has 2 N–H and O–H groups in total. The predicted octanol–water partition coefficient (Wildman–Crippen LogP) is 1.14. The molecule has 2 aliphatic heterocycles. The van der Waals surface area contributed by atoms with Gasteiger partial charge in [-0.15, -0.1) is 0 Å². The maximum atomic E-state index is 4.30. The smallest absolute Gasteiger partial charge is 0.191 e. The first-order chi connectivity index (χ1) is 8.79. The van der Waals surface area contributed by atoms with Gasteiger partial charge in [0.15, 0.2) is 5.96 Å². The predicted molar refractivity (Wildman–Crippen MR) is 80.5 cm³/mol. The molecule has 0 aromatic carbocycles. The SMILES string of the molecule is CN=C(NCC1CCCS1)NCC1CCCN1C. The highest BCUT2D eigenvalue weighted by Gasteiger charge is 2.21. The van der Waals surface area contributed by atoms with Gasteiger partial charge >= 0.3 is 0 Å². The van der Waals surface area contributed by atoms with Gasteiger partial charge in [-0.3, -0.25) is 4.99 Å². The second kappa shape index (κ2) is 7.24. The van der Waals surface area contributed by atoms with Gasteiger partial charge < -0.3 is 15.5 Å². The summed E-state index contributed by atoms with van der Waals surface area (Å²) in [7, 11) is 4.07. The summed E-state index contributed by atoms with van der Waals surface area (Å²) < 4.78 is 0. The van der Waals surface area contributed by atoms with E-state index in [4.69, 9.17) is 0 Å². The van der Waals surface area contributed by atoms with Crippen LogP contribution in [0.2, 0.25) is 0 Å². The molecule has 2 aliphatic rings. The molecule has 2 heterocycles. The van der Waals surface area contributed by atoms with Crippen molar-refractivity contribution in [3.63, 3.8) is 0 Å². The summed E-state index contributed by atoms with van der Waals surface area (Å²) in [5, 5.41) is 7.68. The Balaban J connectivity index is 1.65. The van der Waals surface area contributed by atoms with Crippen LogP contribution in [0.1, 0.15) is 25.7 Å². The number of rotatable bonds is 4. The normalized spacial score (nSPS) is 29.8. The zero-order valence-electron chi connectivity index (χ0n) is 11.6. The molecule has 2 fully saturated rings. The Labute approximate surface area is 115 Å². The number of nitrogens with one attached hydrogen (secondary N) is 2. The van der Waals surface area contributed by atoms with Gasteiger partial charge in [0.05, 0.1) is 0 Å². The summed E-state index contributed by atoms with van der Waals surface area (Å²) in [6.07, 6.45) is 5.35. The number of likely N-dealkylation sites (tertiary alicyclic amines) is 1.